The summed E-state index contributed by atoms with van der Waals surface area (Å²) in [5.74, 6) is 1.28. The second-order valence-corrected chi connectivity index (χ2v) is 9.25. The lowest BCUT2D eigenvalue weighted by Crippen LogP contribution is -2.40. The van der Waals surface area contributed by atoms with Gasteiger partial charge in [0.05, 0.1) is 18.8 Å². The maximum atomic E-state index is 12.9. The summed E-state index contributed by atoms with van der Waals surface area (Å²) >= 11 is 0. The first-order valence-corrected chi connectivity index (χ1v) is 10.5. The summed E-state index contributed by atoms with van der Waals surface area (Å²) < 4.78 is 33.9. The minimum atomic E-state index is -3.55. The van der Waals surface area contributed by atoms with Gasteiger partial charge in [-0.15, -0.1) is 0 Å². The number of benzene rings is 1. The van der Waals surface area contributed by atoms with Crippen molar-refractivity contribution in [1.29, 1.82) is 0 Å². The first-order valence-electron chi connectivity index (χ1n) is 9.13. The van der Waals surface area contributed by atoms with Gasteiger partial charge in [0.15, 0.2) is 0 Å². The van der Waals surface area contributed by atoms with Crippen molar-refractivity contribution in [2.45, 2.75) is 18.9 Å². The van der Waals surface area contributed by atoms with Gasteiger partial charge >= 0.3 is 0 Å². The van der Waals surface area contributed by atoms with E-state index in [-0.39, 0.29) is 6.04 Å². The number of aromatic nitrogens is 2. The van der Waals surface area contributed by atoms with Crippen LogP contribution in [0.15, 0.2) is 30.5 Å². The molecule has 1 atom stereocenters. The van der Waals surface area contributed by atoms with Gasteiger partial charge in [-0.1, -0.05) is 12.1 Å². The molecule has 2 aromatic rings. The Labute approximate surface area is 166 Å². The van der Waals surface area contributed by atoms with Crippen molar-refractivity contribution in [2.24, 2.45) is 0 Å². The molecule has 1 fully saturated rings. The predicted molar refractivity (Wildman–Crippen MR) is 110 cm³/mol. The highest BCUT2D eigenvalue weighted by molar-refractivity contribution is 7.86. The molecule has 1 saturated heterocycles. The first-order chi connectivity index (χ1) is 13.3. The summed E-state index contributed by atoms with van der Waals surface area (Å²) in [5, 5.41) is 0. The van der Waals surface area contributed by atoms with Gasteiger partial charge in [-0.3, -0.25) is 0 Å². The van der Waals surface area contributed by atoms with Crippen LogP contribution in [0.25, 0.3) is 11.1 Å². The summed E-state index contributed by atoms with van der Waals surface area (Å²) in [6, 6.07) is 7.31. The SMILES string of the molecule is COc1cccc(-c2cnc(N(C)C)nc2C2CCCN2S(=O)(=O)N(C)C)c1. The lowest BCUT2D eigenvalue weighted by Gasteiger charge is -2.28. The van der Waals surface area contributed by atoms with Gasteiger partial charge in [0.25, 0.3) is 10.2 Å². The summed E-state index contributed by atoms with van der Waals surface area (Å²) in [7, 11) is 4.91. The van der Waals surface area contributed by atoms with Crippen LogP contribution in [-0.2, 0) is 10.2 Å². The van der Waals surface area contributed by atoms with Gasteiger partial charge in [0.2, 0.25) is 5.95 Å². The second-order valence-electron chi connectivity index (χ2n) is 7.15. The smallest absolute Gasteiger partial charge is 0.282 e. The van der Waals surface area contributed by atoms with Crippen molar-refractivity contribution < 1.29 is 13.2 Å². The lowest BCUT2D eigenvalue weighted by molar-refractivity contribution is 0.358. The molecule has 1 unspecified atom stereocenters. The van der Waals surface area contributed by atoms with Crippen LogP contribution >= 0.6 is 0 Å². The predicted octanol–water partition coefficient (Wildman–Crippen LogP) is 2.16. The molecule has 0 amide bonds. The van der Waals surface area contributed by atoms with E-state index in [0.29, 0.717) is 18.9 Å². The molecule has 0 bridgehead atoms. The largest absolute Gasteiger partial charge is 0.497 e. The Bertz CT molecular complexity index is 946. The Hall–Kier alpha value is -2.23. The summed E-state index contributed by atoms with van der Waals surface area (Å²) in [4.78, 5) is 11.0. The van der Waals surface area contributed by atoms with E-state index in [1.165, 1.54) is 4.31 Å². The highest BCUT2D eigenvalue weighted by atomic mass is 32.2. The second kappa shape index (κ2) is 8.02. The monoisotopic (exact) mass is 405 g/mol. The minimum absolute atomic E-state index is 0.338. The van der Waals surface area contributed by atoms with E-state index >= 15 is 0 Å². The van der Waals surface area contributed by atoms with E-state index in [1.807, 2.05) is 43.3 Å². The molecule has 2 heterocycles. The van der Waals surface area contributed by atoms with E-state index in [0.717, 1.165) is 29.0 Å². The average molecular weight is 406 g/mol. The van der Waals surface area contributed by atoms with Crippen molar-refractivity contribution in [1.82, 2.24) is 18.6 Å². The quantitative estimate of drug-likeness (QED) is 0.733. The Morgan fingerprint density at radius 2 is 1.96 bits per heavy atom. The normalized spacial score (nSPS) is 17.9. The molecular weight excluding hydrogens is 378 g/mol. The molecule has 0 radical (unpaired) electrons. The molecule has 152 valence electrons. The highest BCUT2D eigenvalue weighted by Gasteiger charge is 2.38. The standard InChI is InChI=1S/C19H27N5O3S/c1-22(2)19-20-13-16(14-8-6-9-15(12-14)27-5)18(21-19)17-10-7-11-24(17)28(25,26)23(3)4/h6,8-9,12-13,17H,7,10-11H2,1-5H3. The van der Waals surface area contributed by atoms with Crippen LogP contribution < -0.4 is 9.64 Å². The number of anilines is 1. The molecule has 9 heteroatoms. The molecule has 1 aromatic carbocycles. The Balaban J connectivity index is 2.16. The van der Waals surface area contributed by atoms with Gasteiger partial charge in [0.1, 0.15) is 5.75 Å². The van der Waals surface area contributed by atoms with Gasteiger partial charge in [-0.2, -0.15) is 17.0 Å². The molecule has 3 rings (SSSR count). The van der Waals surface area contributed by atoms with Crippen molar-refractivity contribution in [3.63, 3.8) is 0 Å². The van der Waals surface area contributed by atoms with Gasteiger partial charge in [-0.05, 0) is 30.5 Å². The first kappa shape index (κ1) is 20.5. The number of nitrogens with zero attached hydrogens (tertiary/aromatic N) is 5. The zero-order valence-corrected chi connectivity index (χ0v) is 17.8. The van der Waals surface area contributed by atoms with E-state index in [4.69, 9.17) is 9.72 Å². The maximum absolute atomic E-state index is 12.9. The topological polar surface area (TPSA) is 78.9 Å². The van der Waals surface area contributed by atoms with Crippen LogP contribution in [0.2, 0.25) is 0 Å². The Kier molecular flexibility index (Phi) is 5.87. The van der Waals surface area contributed by atoms with Crippen LogP contribution in [0.4, 0.5) is 5.95 Å². The van der Waals surface area contributed by atoms with E-state index in [9.17, 15) is 8.42 Å². The van der Waals surface area contributed by atoms with E-state index < -0.39 is 10.2 Å². The molecule has 0 aliphatic carbocycles. The third kappa shape index (κ3) is 3.82. The average Bonchev–Trinajstić information content (AvgIpc) is 3.18. The fourth-order valence-corrected chi connectivity index (χ4v) is 4.67. The molecule has 1 aliphatic heterocycles. The summed E-state index contributed by atoms with van der Waals surface area (Å²) in [6.07, 6.45) is 3.27. The third-order valence-corrected chi connectivity index (χ3v) is 6.82. The Morgan fingerprint density at radius 3 is 2.61 bits per heavy atom. The molecular formula is C19H27N5O3S. The third-order valence-electron chi connectivity index (χ3n) is 4.86. The van der Waals surface area contributed by atoms with Crippen molar-refractivity contribution >= 4 is 16.2 Å². The van der Waals surface area contributed by atoms with Gasteiger partial charge < -0.3 is 9.64 Å². The number of rotatable bonds is 6. The van der Waals surface area contributed by atoms with Gasteiger partial charge in [-0.25, -0.2) is 9.97 Å². The minimum Gasteiger partial charge on any atom is -0.497 e. The molecule has 1 aromatic heterocycles. The van der Waals surface area contributed by atoms with Crippen LogP contribution in [0, 0.1) is 0 Å². The van der Waals surface area contributed by atoms with Crippen LogP contribution in [0.5, 0.6) is 5.75 Å². The molecule has 8 nitrogen and oxygen atoms in total. The molecule has 0 saturated carbocycles. The summed E-state index contributed by atoms with van der Waals surface area (Å²) in [5.41, 5.74) is 2.43. The summed E-state index contributed by atoms with van der Waals surface area (Å²) in [6.45, 7) is 0.476. The van der Waals surface area contributed by atoms with Gasteiger partial charge in [0, 0.05) is 46.5 Å². The zero-order chi connectivity index (χ0) is 20.5. The fraction of sp³-hybridized carbons (Fsp3) is 0.474. The van der Waals surface area contributed by atoms with Crippen LogP contribution in [0.3, 0.4) is 0 Å². The number of hydrogen-bond acceptors (Lipinski definition) is 6. The van der Waals surface area contributed by atoms with Crippen molar-refractivity contribution in [2.75, 3.05) is 46.7 Å². The lowest BCUT2D eigenvalue weighted by atomic mass is 10.00. The molecule has 0 spiro atoms. The van der Waals surface area contributed by atoms with E-state index in [2.05, 4.69) is 4.98 Å². The van der Waals surface area contributed by atoms with Crippen LogP contribution in [-0.4, -0.2) is 68.8 Å². The number of ether oxygens (including phenoxy) is 1. The number of hydrogen-bond donors (Lipinski definition) is 0. The van der Waals surface area contributed by atoms with E-state index in [1.54, 1.807) is 31.7 Å². The van der Waals surface area contributed by atoms with Crippen LogP contribution in [0.1, 0.15) is 24.6 Å². The Morgan fingerprint density at radius 1 is 1.21 bits per heavy atom. The number of methoxy groups -OCH3 is 1. The molecule has 0 N–H and O–H groups in total. The van der Waals surface area contributed by atoms with Crippen molar-refractivity contribution in [3.8, 4) is 16.9 Å². The highest BCUT2D eigenvalue weighted by Crippen LogP contribution is 2.39. The molecule has 1 aliphatic rings. The fourth-order valence-electron chi connectivity index (χ4n) is 3.37. The molecule has 28 heavy (non-hydrogen) atoms. The maximum Gasteiger partial charge on any atom is 0.282 e. The zero-order valence-electron chi connectivity index (χ0n) is 17.0. The van der Waals surface area contributed by atoms with Crippen molar-refractivity contribution in [3.05, 3.63) is 36.2 Å².